The molecule has 2 rings (SSSR count). The number of unbranched alkanes of at least 4 members (excludes halogenated alkanes) is 34. The fourth-order valence-corrected chi connectivity index (χ4v) is 19.8. The molecule has 0 amide bonds. The van der Waals surface area contributed by atoms with Gasteiger partial charge in [-0.2, -0.15) is 0 Å². The molecular weight excluding hydrogens is 1230 g/mol. The van der Waals surface area contributed by atoms with E-state index in [9.17, 15) is 9.59 Å². The fraction of sp³-hybridized carbons (Fsp3) is 0.923. The maximum atomic E-state index is 15.4. The van der Waals surface area contributed by atoms with Crippen LogP contribution in [0, 0.1) is 0 Å². The normalized spacial score (nSPS) is 16.4. The molecule has 2 heterocycles. The molecular formula is C78H150N4O3P2S4. The van der Waals surface area contributed by atoms with E-state index in [-0.39, 0.29) is 34.1 Å². The maximum Gasteiger partial charge on any atom is 0.206 e. The molecule has 0 spiro atoms. The van der Waals surface area contributed by atoms with Crippen molar-refractivity contribution in [2.75, 3.05) is 32.6 Å². The van der Waals surface area contributed by atoms with Gasteiger partial charge in [0.05, 0.1) is 18.8 Å². The van der Waals surface area contributed by atoms with Crippen LogP contribution >= 0.6 is 65.2 Å². The summed E-state index contributed by atoms with van der Waals surface area (Å²) in [5.41, 5.74) is 0. The van der Waals surface area contributed by atoms with Gasteiger partial charge in [-0.3, -0.25) is 24.2 Å². The second-order valence-electron chi connectivity index (χ2n) is 28.1. The minimum Gasteiger partial charge on any atom is -0.354 e. The van der Waals surface area contributed by atoms with Crippen LogP contribution in [0.25, 0.3) is 0 Å². The second kappa shape index (κ2) is 61.4. The third-order valence-electron chi connectivity index (χ3n) is 19.7. The topological polar surface area (TPSA) is 64.2 Å². The van der Waals surface area contributed by atoms with Crippen LogP contribution in [0.15, 0.2) is 12.4 Å². The minimum atomic E-state index is -0.496. The third-order valence-corrected chi connectivity index (χ3v) is 26.0. The van der Waals surface area contributed by atoms with E-state index in [1.807, 2.05) is 0 Å². The first-order valence-electron chi connectivity index (χ1n) is 39.7. The minimum absolute atomic E-state index is 0.0107. The summed E-state index contributed by atoms with van der Waals surface area (Å²) in [5.74, 6) is 0. The lowest BCUT2D eigenvalue weighted by molar-refractivity contribution is -0.121. The highest BCUT2D eigenvalue weighted by Gasteiger charge is 2.40. The number of hydrogen-bond acceptors (Lipinski definition) is 11. The van der Waals surface area contributed by atoms with Crippen LogP contribution in [0.1, 0.15) is 389 Å². The van der Waals surface area contributed by atoms with Crippen molar-refractivity contribution in [1.82, 2.24) is 19.6 Å². The van der Waals surface area contributed by atoms with Crippen LogP contribution in [0.4, 0.5) is 0 Å². The molecule has 0 N–H and O–H groups in total. The third kappa shape index (κ3) is 44.1. The van der Waals surface area contributed by atoms with Gasteiger partial charge in [0.25, 0.3) is 0 Å². The smallest absolute Gasteiger partial charge is 0.206 e. The van der Waals surface area contributed by atoms with Gasteiger partial charge in [-0.05, 0) is 51.4 Å². The Balaban J connectivity index is 2.56. The Morgan fingerprint density at radius 1 is 0.418 bits per heavy atom. The number of carbonyl (C=O) groups excluding carboxylic acids is 3. The molecule has 91 heavy (non-hydrogen) atoms. The zero-order valence-electron chi connectivity index (χ0n) is 61.2. The molecule has 0 radical (unpaired) electrons. The monoisotopic (exact) mass is 1380 g/mol. The quantitative estimate of drug-likeness (QED) is 0.0432. The molecule has 0 aromatic carbocycles. The van der Waals surface area contributed by atoms with Gasteiger partial charge in [-0.15, -0.1) is 29.9 Å². The second-order valence-corrected chi connectivity index (χ2v) is 34.7. The van der Waals surface area contributed by atoms with Gasteiger partial charge in [0.2, 0.25) is 5.12 Å². The van der Waals surface area contributed by atoms with Crippen LogP contribution in [0.2, 0.25) is 0 Å². The molecule has 8 atom stereocenters. The van der Waals surface area contributed by atoms with Crippen LogP contribution in [-0.4, -0.2) is 111 Å². The van der Waals surface area contributed by atoms with Crippen molar-refractivity contribution in [2.24, 2.45) is 0 Å². The van der Waals surface area contributed by atoms with E-state index >= 15 is 4.79 Å². The number of rotatable bonds is 66. The average molecular weight is 1380 g/mol. The summed E-state index contributed by atoms with van der Waals surface area (Å²) in [6.45, 7) is 21.6. The number of thioether (sulfide) groups is 4. The summed E-state index contributed by atoms with van der Waals surface area (Å²) >= 11 is 6.98. The highest BCUT2D eigenvalue weighted by atomic mass is 32.2. The SMILES string of the molecule is CCCCCCCCCCC(CCCCCCC)SC(=O)CC(C(=O)SC(CCCCC)CCCCCCC)N(CP)CN1C=CN2CCN(C(CC(=O)SC(CCCCC)CCCCCCC)C(=P)SC(CCCCCCC)CCCCCCCCCC)CC21. The van der Waals surface area contributed by atoms with Gasteiger partial charge in [-0.1, -0.05) is 360 Å². The molecule has 534 valence electrons. The first-order valence-corrected chi connectivity index (χ1v) is 44.6. The lowest BCUT2D eigenvalue weighted by Crippen LogP contribution is -2.60. The van der Waals surface area contributed by atoms with Crippen LogP contribution in [0.5, 0.6) is 0 Å². The lowest BCUT2D eigenvalue weighted by atomic mass is 10.0. The number of hydrogen-bond donors (Lipinski definition) is 0. The van der Waals surface area contributed by atoms with Crippen molar-refractivity contribution in [1.29, 1.82) is 0 Å². The Kier molecular flexibility index (Phi) is 58.9. The first-order chi connectivity index (χ1) is 44.5. The molecule has 1 fully saturated rings. The molecule has 8 unspecified atom stereocenters. The molecule has 1 saturated heterocycles. The Bertz CT molecular complexity index is 1770. The molecule has 0 aromatic rings. The predicted molar refractivity (Wildman–Crippen MR) is 421 cm³/mol. The fourth-order valence-electron chi connectivity index (χ4n) is 13.7. The Hall–Kier alpha value is 0.270. The van der Waals surface area contributed by atoms with Crippen molar-refractivity contribution < 1.29 is 14.4 Å². The maximum absolute atomic E-state index is 15.4. The zero-order chi connectivity index (χ0) is 66.2. The standard InChI is InChI=1S/C78H150N4O3P2S4/c1-9-17-25-31-33-35-41-49-55-69(54-46-38-28-20-12-4)88-75(83)63-72(77(85)90-70(52-44-24-16-8)56-47-39-29-21-13-5)82(67-86)66-81-62-60-79-59-61-80(65-74(79)81)73(64-76(84)89-68(51-43-23-15-7)53-45-37-27-19-11-3)78(87)91-71(57-48-40-30-22-14-6)58-50-42-36-34-32-26-18-10-2/h60,62,68-74,87H,9-59,61,63-67,86H2,1-8H3. The molecule has 0 aromatic heterocycles. The van der Waals surface area contributed by atoms with Gasteiger partial charge >= 0.3 is 0 Å². The number of carbonyl (C=O) groups is 3. The van der Waals surface area contributed by atoms with E-state index in [0.29, 0.717) is 40.2 Å². The molecule has 7 nitrogen and oxygen atoms in total. The summed E-state index contributed by atoms with van der Waals surface area (Å²) in [7, 11) is 7.44. The van der Waals surface area contributed by atoms with Crippen LogP contribution in [0.3, 0.4) is 0 Å². The summed E-state index contributed by atoms with van der Waals surface area (Å²) in [6, 6.07) is -0.506. The summed E-state index contributed by atoms with van der Waals surface area (Å²) < 4.78 is 1.26. The molecule has 2 aliphatic rings. The van der Waals surface area contributed by atoms with Crippen molar-refractivity contribution in [3.63, 3.8) is 0 Å². The van der Waals surface area contributed by atoms with E-state index in [1.54, 1.807) is 35.3 Å². The van der Waals surface area contributed by atoms with Gasteiger partial charge in [0, 0.05) is 76.8 Å². The van der Waals surface area contributed by atoms with E-state index in [4.69, 9.17) is 0 Å². The van der Waals surface area contributed by atoms with Crippen molar-refractivity contribution >= 4 is 85.1 Å². The van der Waals surface area contributed by atoms with E-state index in [2.05, 4.69) is 117 Å². The Morgan fingerprint density at radius 2 is 0.725 bits per heavy atom. The molecule has 0 saturated carbocycles. The molecule has 0 aliphatic carbocycles. The lowest BCUT2D eigenvalue weighted by Gasteiger charge is -2.46. The number of piperazine rings is 1. The highest BCUT2D eigenvalue weighted by Crippen LogP contribution is 2.36. The first kappa shape index (κ1) is 87.4. The molecule has 0 bridgehead atoms. The molecule has 2 aliphatic heterocycles. The van der Waals surface area contributed by atoms with Gasteiger partial charge in [0.15, 0.2) is 10.2 Å². The Labute approximate surface area is 588 Å². The number of nitrogens with zero attached hydrogens (tertiary/aromatic N) is 4. The van der Waals surface area contributed by atoms with E-state index in [1.165, 1.54) is 281 Å². The van der Waals surface area contributed by atoms with Crippen molar-refractivity contribution in [2.45, 2.75) is 429 Å². The van der Waals surface area contributed by atoms with Crippen LogP contribution in [-0.2, 0) is 14.4 Å². The highest BCUT2D eigenvalue weighted by molar-refractivity contribution is 8.18. The Morgan fingerprint density at radius 3 is 1.09 bits per heavy atom. The van der Waals surface area contributed by atoms with Crippen LogP contribution < -0.4 is 0 Å². The van der Waals surface area contributed by atoms with E-state index in [0.717, 1.165) is 64.6 Å². The van der Waals surface area contributed by atoms with Gasteiger partial charge in [0.1, 0.15) is 6.17 Å². The average Bonchev–Trinajstić information content (AvgIpc) is 1.76. The predicted octanol–water partition coefficient (Wildman–Crippen LogP) is 25.3. The van der Waals surface area contributed by atoms with Gasteiger partial charge in [-0.25, -0.2) is 0 Å². The molecule has 13 heteroatoms. The van der Waals surface area contributed by atoms with Gasteiger partial charge < -0.3 is 9.80 Å². The van der Waals surface area contributed by atoms with Crippen molar-refractivity contribution in [3.8, 4) is 0 Å². The summed E-state index contributed by atoms with van der Waals surface area (Å²) in [6.07, 6.45) is 68.8. The van der Waals surface area contributed by atoms with Crippen molar-refractivity contribution in [3.05, 3.63) is 12.4 Å². The summed E-state index contributed by atoms with van der Waals surface area (Å²) in [5, 5.41) is 2.30. The largest absolute Gasteiger partial charge is 0.354 e. The van der Waals surface area contributed by atoms with E-state index < -0.39 is 6.04 Å². The number of fused-ring (bicyclic) bond motifs is 1. The zero-order valence-corrected chi connectivity index (χ0v) is 66.6. The summed E-state index contributed by atoms with van der Waals surface area (Å²) in [4.78, 5) is 55.2.